The highest BCUT2D eigenvalue weighted by Gasteiger charge is 2.32. The average Bonchev–Trinajstić information content (AvgIpc) is 2.43. The van der Waals surface area contributed by atoms with Gasteiger partial charge in [-0.2, -0.15) is 4.39 Å². The van der Waals surface area contributed by atoms with E-state index in [4.69, 9.17) is 0 Å². The monoisotopic (exact) mass is 194 g/mol. The smallest absolute Gasteiger partial charge is 0.301 e. The van der Waals surface area contributed by atoms with Crippen molar-refractivity contribution in [3.63, 3.8) is 0 Å². The predicted molar refractivity (Wildman–Crippen MR) is 46.3 cm³/mol. The Bertz CT molecular complexity index is 425. The van der Waals surface area contributed by atoms with Crippen molar-refractivity contribution >= 4 is 11.6 Å². The summed E-state index contributed by atoms with van der Waals surface area (Å²) < 4.78 is 17.4. The zero-order valence-corrected chi connectivity index (χ0v) is 7.41. The van der Waals surface area contributed by atoms with Gasteiger partial charge in [0.2, 0.25) is 5.78 Å². The van der Waals surface area contributed by atoms with Crippen molar-refractivity contribution in [3.05, 3.63) is 29.3 Å². The number of hydrogen-bond donors (Lipinski definition) is 0. The maximum Gasteiger partial charge on any atom is 0.301 e. The lowest BCUT2D eigenvalue weighted by Gasteiger charge is -1.98. The van der Waals surface area contributed by atoms with Crippen LogP contribution in [0.5, 0.6) is 5.75 Å². The summed E-state index contributed by atoms with van der Waals surface area (Å²) in [5.74, 6) is -0.682. The lowest BCUT2D eigenvalue weighted by Crippen LogP contribution is -2.13. The minimum absolute atomic E-state index is 0.144. The Labute approximate surface area is 79.5 Å². The second-order valence-corrected chi connectivity index (χ2v) is 3.07. The third-order valence-electron chi connectivity index (χ3n) is 2.09. The van der Waals surface area contributed by atoms with E-state index in [1.165, 1.54) is 25.1 Å². The molecule has 72 valence electrons. The Morgan fingerprint density at radius 2 is 2.21 bits per heavy atom. The molecule has 3 nitrogen and oxygen atoms in total. The molecule has 0 aromatic heterocycles. The van der Waals surface area contributed by atoms with E-state index in [2.05, 4.69) is 4.74 Å². The zero-order valence-electron chi connectivity index (χ0n) is 7.41. The number of alkyl halides is 1. The van der Waals surface area contributed by atoms with Crippen molar-refractivity contribution in [2.45, 2.75) is 13.3 Å². The molecule has 0 fully saturated rings. The van der Waals surface area contributed by atoms with Gasteiger partial charge in [-0.25, -0.2) is 0 Å². The van der Waals surface area contributed by atoms with Crippen LogP contribution in [0, 0.1) is 0 Å². The van der Waals surface area contributed by atoms with E-state index in [0.717, 1.165) is 0 Å². The summed E-state index contributed by atoms with van der Waals surface area (Å²) in [7, 11) is 0. The predicted octanol–water partition coefficient (Wildman–Crippen LogP) is 1.76. The lowest BCUT2D eigenvalue weighted by molar-refractivity contribution is 0.0561. The van der Waals surface area contributed by atoms with Crippen LogP contribution in [0.1, 0.15) is 27.6 Å². The number of benzene rings is 1. The minimum Gasteiger partial charge on any atom is -0.452 e. The molecule has 1 unspecified atom stereocenters. The van der Waals surface area contributed by atoms with Crippen molar-refractivity contribution in [2.24, 2.45) is 0 Å². The number of fused-ring (bicyclic) bond motifs is 1. The van der Waals surface area contributed by atoms with Gasteiger partial charge >= 0.3 is 6.36 Å². The van der Waals surface area contributed by atoms with Crippen LogP contribution in [0.15, 0.2) is 18.2 Å². The van der Waals surface area contributed by atoms with E-state index in [-0.39, 0.29) is 17.1 Å². The zero-order chi connectivity index (χ0) is 10.3. The van der Waals surface area contributed by atoms with Crippen LogP contribution in [-0.2, 0) is 0 Å². The SMILES string of the molecule is CC(=O)c1ccc2c(c1)C(=O)C(F)O2. The molecule has 0 bridgehead atoms. The molecular weight excluding hydrogens is 187 g/mol. The topological polar surface area (TPSA) is 43.4 Å². The van der Waals surface area contributed by atoms with Crippen LogP contribution in [0.2, 0.25) is 0 Å². The molecular formula is C10H7FO3. The molecule has 1 heterocycles. The molecule has 0 N–H and O–H groups in total. The molecule has 1 aliphatic heterocycles. The largest absolute Gasteiger partial charge is 0.452 e. The van der Waals surface area contributed by atoms with Gasteiger partial charge in [-0.3, -0.25) is 9.59 Å². The normalized spacial score (nSPS) is 19.0. The first-order valence-corrected chi connectivity index (χ1v) is 4.09. The number of carbonyl (C=O) groups is 2. The molecule has 0 radical (unpaired) electrons. The third-order valence-corrected chi connectivity index (χ3v) is 2.09. The first kappa shape index (κ1) is 8.87. The van der Waals surface area contributed by atoms with Crippen LogP contribution >= 0.6 is 0 Å². The Hall–Kier alpha value is -1.71. The fourth-order valence-corrected chi connectivity index (χ4v) is 1.33. The number of ketones is 2. The molecule has 0 aliphatic carbocycles. The van der Waals surface area contributed by atoms with Gasteiger partial charge in [-0.15, -0.1) is 0 Å². The van der Waals surface area contributed by atoms with Crippen molar-refractivity contribution in [1.29, 1.82) is 0 Å². The molecule has 1 aromatic rings. The molecule has 0 saturated carbocycles. The Kier molecular flexibility index (Phi) is 1.84. The van der Waals surface area contributed by atoms with Crippen LogP contribution < -0.4 is 4.74 Å². The second kappa shape index (κ2) is 2.90. The molecule has 0 amide bonds. The quantitative estimate of drug-likeness (QED) is 0.640. The number of Topliss-reactive ketones (excluding diaryl/α,β-unsaturated/α-hetero) is 2. The van der Waals surface area contributed by atoms with Gasteiger partial charge in [0.25, 0.3) is 0 Å². The van der Waals surface area contributed by atoms with Gasteiger partial charge < -0.3 is 4.74 Å². The summed E-state index contributed by atoms with van der Waals surface area (Å²) in [6, 6.07) is 4.30. The van der Waals surface area contributed by atoms with Crippen LogP contribution in [0.4, 0.5) is 4.39 Å². The van der Waals surface area contributed by atoms with Gasteiger partial charge in [-0.05, 0) is 25.1 Å². The van der Waals surface area contributed by atoms with E-state index in [9.17, 15) is 14.0 Å². The molecule has 1 atom stereocenters. The van der Waals surface area contributed by atoms with Gasteiger partial charge in [0.15, 0.2) is 5.78 Å². The highest BCUT2D eigenvalue weighted by atomic mass is 19.1. The molecule has 0 saturated heterocycles. The summed E-state index contributed by atoms with van der Waals surface area (Å²) in [6.45, 7) is 1.38. The van der Waals surface area contributed by atoms with E-state index in [1.54, 1.807) is 0 Å². The van der Waals surface area contributed by atoms with Gasteiger partial charge in [0.1, 0.15) is 5.75 Å². The third kappa shape index (κ3) is 1.19. The molecule has 2 rings (SSSR count). The summed E-state index contributed by atoms with van der Waals surface area (Å²) in [4.78, 5) is 22.1. The second-order valence-electron chi connectivity index (χ2n) is 3.07. The number of carbonyl (C=O) groups excluding carboxylic acids is 2. The lowest BCUT2D eigenvalue weighted by atomic mass is 10.1. The average molecular weight is 194 g/mol. The first-order valence-electron chi connectivity index (χ1n) is 4.09. The molecule has 1 aliphatic rings. The Balaban J connectivity index is 2.51. The van der Waals surface area contributed by atoms with E-state index in [1.807, 2.05) is 0 Å². The Morgan fingerprint density at radius 1 is 1.50 bits per heavy atom. The van der Waals surface area contributed by atoms with Crippen LogP contribution in [0.25, 0.3) is 0 Å². The van der Waals surface area contributed by atoms with Gasteiger partial charge in [-0.1, -0.05) is 0 Å². The molecule has 4 heteroatoms. The number of hydrogen-bond acceptors (Lipinski definition) is 3. The van der Waals surface area contributed by atoms with Gasteiger partial charge in [0, 0.05) is 5.56 Å². The van der Waals surface area contributed by atoms with E-state index in [0.29, 0.717) is 5.56 Å². The van der Waals surface area contributed by atoms with Crippen molar-refractivity contribution in [3.8, 4) is 5.75 Å². The molecule has 14 heavy (non-hydrogen) atoms. The number of halogens is 1. The maximum absolute atomic E-state index is 12.8. The van der Waals surface area contributed by atoms with Crippen molar-refractivity contribution < 1.29 is 18.7 Å². The van der Waals surface area contributed by atoms with Crippen LogP contribution in [0.3, 0.4) is 0 Å². The van der Waals surface area contributed by atoms with Crippen molar-refractivity contribution in [2.75, 3.05) is 0 Å². The highest BCUT2D eigenvalue weighted by molar-refractivity contribution is 6.06. The summed E-state index contributed by atoms with van der Waals surface area (Å²) in [6.07, 6.45) is -1.92. The standard InChI is InChI=1S/C10H7FO3/c1-5(12)6-2-3-8-7(4-6)9(13)10(11)14-8/h2-4,10H,1H3. The first-order chi connectivity index (χ1) is 6.59. The number of rotatable bonds is 1. The van der Waals surface area contributed by atoms with E-state index < -0.39 is 12.1 Å². The highest BCUT2D eigenvalue weighted by Crippen LogP contribution is 2.30. The summed E-state index contributed by atoms with van der Waals surface area (Å²) in [5, 5.41) is 0. The number of ether oxygens (including phenoxy) is 1. The fourth-order valence-electron chi connectivity index (χ4n) is 1.33. The van der Waals surface area contributed by atoms with E-state index >= 15 is 0 Å². The maximum atomic E-state index is 12.8. The molecule has 1 aromatic carbocycles. The summed E-state index contributed by atoms with van der Waals surface area (Å²) in [5.41, 5.74) is 0.528. The van der Waals surface area contributed by atoms with Gasteiger partial charge in [0.05, 0.1) is 5.56 Å². The van der Waals surface area contributed by atoms with Crippen LogP contribution in [-0.4, -0.2) is 17.9 Å². The van der Waals surface area contributed by atoms with Crippen molar-refractivity contribution in [1.82, 2.24) is 0 Å². The Morgan fingerprint density at radius 3 is 2.86 bits per heavy atom. The fraction of sp³-hybridized carbons (Fsp3) is 0.200. The molecule has 0 spiro atoms. The summed E-state index contributed by atoms with van der Waals surface area (Å²) >= 11 is 0. The minimum atomic E-state index is -1.92.